The van der Waals surface area contributed by atoms with E-state index in [0.29, 0.717) is 12.1 Å². The van der Waals surface area contributed by atoms with Crippen LogP contribution in [-0.4, -0.2) is 35.2 Å². The molecule has 2 fully saturated rings. The standard InChI is InChI=1S/C17H26N4S/c18-13-7-9-14(10-8-13)19-17(22)20-15-5-1-2-6-16(15)21-11-3-4-12-21/h7-10,15-16H,1-6,11-12,18H2,(H2,19,20,22)/t15-,16-/m1/s1. The summed E-state index contributed by atoms with van der Waals surface area (Å²) < 4.78 is 0. The Hall–Kier alpha value is -1.33. The second-order valence-electron chi connectivity index (χ2n) is 6.42. The number of anilines is 2. The first kappa shape index (κ1) is 15.6. The van der Waals surface area contributed by atoms with Crippen LogP contribution in [0.2, 0.25) is 0 Å². The van der Waals surface area contributed by atoms with Crippen LogP contribution in [0, 0.1) is 0 Å². The van der Waals surface area contributed by atoms with Crippen LogP contribution in [0.15, 0.2) is 24.3 Å². The lowest BCUT2D eigenvalue weighted by atomic mass is 9.89. The highest BCUT2D eigenvalue weighted by atomic mass is 32.1. The summed E-state index contributed by atoms with van der Waals surface area (Å²) in [4.78, 5) is 2.66. The minimum Gasteiger partial charge on any atom is -0.399 e. The van der Waals surface area contributed by atoms with Gasteiger partial charge < -0.3 is 16.4 Å². The van der Waals surface area contributed by atoms with Crippen molar-refractivity contribution in [3.05, 3.63) is 24.3 Å². The van der Waals surface area contributed by atoms with Gasteiger partial charge in [0.15, 0.2) is 5.11 Å². The molecule has 1 aromatic carbocycles. The number of hydrogen-bond donors (Lipinski definition) is 3. The maximum atomic E-state index is 5.71. The maximum absolute atomic E-state index is 5.71. The van der Waals surface area contributed by atoms with E-state index in [-0.39, 0.29) is 0 Å². The predicted octanol–water partition coefficient (Wildman–Crippen LogP) is 2.96. The molecular formula is C17H26N4S. The van der Waals surface area contributed by atoms with E-state index in [9.17, 15) is 0 Å². The molecule has 2 aliphatic rings. The van der Waals surface area contributed by atoms with Gasteiger partial charge in [0.2, 0.25) is 0 Å². The molecule has 0 bridgehead atoms. The van der Waals surface area contributed by atoms with Crippen molar-refractivity contribution in [1.29, 1.82) is 0 Å². The summed E-state index contributed by atoms with van der Waals surface area (Å²) in [5.74, 6) is 0. The van der Waals surface area contributed by atoms with Gasteiger partial charge >= 0.3 is 0 Å². The smallest absolute Gasteiger partial charge is 0.171 e. The number of nitrogens with two attached hydrogens (primary N) is 1. The summed E-state index contributed by atoms with van der Waals surface area (Å²) in [5.41, 5.74) is 7.47. The Kier molecular flexibility index (Phi) is 5.16. The third-order valence-corrected chi connectivity index (χ3v) is 5.04. The van der Waals surface area contributed by atoms with Crippen molar-refractivity contribution in [3.8, 4) is 0 Å². The molecule has 0 radical (unpaired) electrons. The normalized spacial score (nSPS) is 25.8. The molecule has 1 saturated heterocycles. The van der Waals surface area contributed by atoms with Crippen LogP contribution in [0.4, 0.5) is 11.4 Å². The topological polar surface area (TPSA) is 53.3 Å². The van der Waals surface area contributed by atoms with Crippen LogP contribution < -0.4 is 16.4 Å². The first-order valence-electron chi connectivity index (χ1n) is 8.39. The van der Waals surface area contributed by atoms with E-state index < -0.39 is 0 Å². The van der Waals surface area contributed by atoms with E-state index in [1.54, 1.807) is 0 Å². The zero-order valence-corrected chi connectivity index (χ0v) is 13.9. The molecular weight excluding hydrogens is 292 g/mol. The monoisotopic (exact) mass is 318 g/mol. The van der Waals surface area contributed by atoms with Crippen molar-refractivity contribution < 1.29 is 0 Å². The van der Waals surface area contributed by atoms with Crippen LogP contribution in [0.1, 0.15) is 38.5 Å². The summed E-state index contributed by atoms with van der Waals surface area (Å²) in [6, 6.07) is 8.81. The Morgan fingerprint density at radius 3 is 2.45 bits per heavy atom. The zero-order chi connectivity index (χ0) is 15.4. The van der Waals surface area contributed by atoms with Crippen molar-refractivity contribution in [2.45, 2.75) is 50.6 Å². The van der Waals surface area contributed by atoms with E-state index in [1.807, 2.05) is 24.3 Å². The molecule has 3 rings (SSSR count). The van der Waals surface area contributed by atoms with E-state index in [4.69, 9.17) is 18.0 Å². The Morgan fingerprint density at radius 2 is 1.73 bits per heavy atom. The largest absolute Gasteiger partial charge is 0.399 e. The van der Waals surface area contributed by atoms with E-state index in [0.717, 1.165) is 16.5 Å². The van der Waals surface area contributed by atoms with Crippen molar-refractivity contribution in [2.75, 3.05) is 24.1 Å². The fourth-order valence-corrected chi connectivity index (χ4v) is 3.96. The molecule has 120 valence electrons. The van der Waals surface area contributed by atoms with Crippen LogP contribution in [0.5, 0.6) is 0 Å². The fourth-order valence-electron chi connectivity index (χ4n) is 3.69. The highest BCUT2D eigenvalue weighted by molar-refractivity contribution is 7.80. The van der Waals surface area contributed by atoms with Crippen molar-refractivity contribution in [1.82, 2.24) is 10.2 Å². The molecule has 4 N–H and O–H groups in total. The van der Waals surface area contributed by atoms with Crippen LogP contribution in [0.3, 0.4) is 0 Å². The lowest BCUT2D eigenvalue weighted by molar-refractivity contribution is 0.159. The minimum atomic E-state index is 0.473. The first-order valence-corrected chi connectivity index (χ1v) is 8.80. The Bertz CT molecular complexity index is 496. The second kappa shape index (κ2) is 7.29. The second-order valence-corrected chi connectivity index (χ2v) is 6.83. The summed E-state index contributed by atoms with van der Waals surface area (Å²) >= 11 is 5.51. The number of rotatable bonds is 3. The van der Waals surface area contributed by atoms with Gasteiger partial charge in [0, 0.05) is 23.5 Å². The molecule has 0 spiro atoms. The molecule has 1 aliphatic carbocycles. The zero-order valence-electron chi connectivity index (χ0n) is 13.1. The number of likely N-dealkylation sites (tertiary alicyclic amines) is 1. The molecule has 1 aliphatic heterocycles. The van der Waals surface area contributed by atoms with Crippen molar-refractivity contribution in [2.24, 2.45) is 0 Å². The van der Waals surface area contributed by atoms with E-state index >= 15 is 0 Å². The number of hydrogen-bond acceptors (Lipinski definition) is 3. The average molecular weight is 318 g/mol. The molecule has 4 nitrogen and oxygen atoms in total. The highest BCUT2D eigenvalue weighted by Crippen LogP contribution is 2.26. The highest BCUT2D eigenvalue weighted by Gasteiger charge is 2.31. The molecule has 1 aromatic rings. The van der Waals surface area contributed by atoms with Gasteiger partial charge in [-0.2, -0.15) is 0 Å². The van der Waals surface area contributed by atoms with Crippen molar-refractivity contribution in [3.63, 3.8) is 0 Å². The average Bonchev–Trinajstić information content (AvgIpc) is 3.04. The van der Waals surface area contributed by atoms with Gasteiger partial charge in [0.05, 0.1) is 0 Å². The van der Waals surface area contributed by atoms with Crippen LogP contribution >= 0.6 is 12.2 Å². The summed E-state index contributed by atoms with van der Waals surface area (Å²) in [6.07, 6.45) is 7.84. The van der Waals surface area contributed by atoms with E-state index in [2.05, 4.69) is 15.5 Å². The minimum absolute atomic E-state index is 0.473. The number of nitrogens with zero attached hydrogens (tertiary/aromatic N) is 1. The van der Waals surface area contributed by atoms with Gasteiger partial charge in [-0.25, -0.2) is 0 Å². The third-order valence-electron chi connectivity index (χ3n) is 4.82. The molecule has 1 heterocycles. The molecule has 0 unspecified atom stereocenters. The Balaban J connectivity index is 1.57. The van der Waals surface area contributed by atoms with Gasteiger partial charge in [-0.3, -0.25) is 4.90 Å². The first-order chi connectivity index (χ1) is 10.7. The number of nitrogens with one attached hydrogen (secondary N) is 2. The SMILES string of the molecule is Nc1ccc(NC(=S)N[C@@H]2CCCC[C@H]2N2CCCC2)cc1. The van der Waals surface area contributed by atoms with Gasteiger partial charge in [0.1, 0.15) is 0 Å². The Labute approximate surface area is 138 Å². The van der Waals surface area contributed by atoms with Crippen molar-refractivity contribution >= 4 is 28.7 Å². The summed E-state index contributed by atoms with van der Waals surface area (Å²) in [6.45, 7) is 2.50. The quantitative estimate of drug-likeness (QED) is 0.591. The number of benzene rings is 1. The molecule has 22 heavy (non-hydrogen) atoms. The molecule has 0 amide bonds. The number of nitrogen functional groups attached to an aromatic ring is 1. The molecule has 2 atom stereocenters. The predicted molar refractivity (Wildman–Crippen MR) is 97.1 cm³/mol. The van der Waals surface area contributed by atoms with Gasteiger partial charge in [-0.1, -0.05) is 12.8 Å². The molecule has 5 heteroatoms. The number of thiocarbonyl (C=S) groups is 1. The van der Waals surface area contributed by atoms with Crippen LogP contribution in [-0.2, 0) is 0 Å². The van der Waals surface area contributed by atoms with Gasteiger partial charge in [-0.15, -0.1) is 0 Å². The molecule has 1 saturated carbocycles. The van der Waals surface area contributed by atoms with Crippen LogP contribution in [0.25, 0.3) is 0 Å². The summed E-state index contributed by atoms with van der Waals surface area (Å²) in [7, 11) is 0. The van der Waals surface area contributed by atoms with Gasteiger partial charge in [0.25, 0.3) is 0 Å². The third kappa shape index (κ3) is 3.90. The summed E-state index contributed by atoms with van der Waals surface area (Å²) in [5, 5.41) is 7.55. The van der Waals surface area contributed by atoms with E-state index in [1.165, 1.54) is 51.6 Å². The molecule has 0 aromatic heterocycles. The van der Waals surface area contributed by atoms with Gasteiger partial charge in [-0.05, 0) is 75.3 Å². The lowest BCUT2D eigenvalue weighted by Gasteiger charge is -2.38. The fraction of sp³-hybridized carbons (Fsp3) is 0.588. The maximum Gasteiger partial charge on any atom is 0.171 e. The Morgan fingerprint density at radius 1 is 1.05 bits per heavy atom. The lowest BCUT2D eigenvalue weighted by Crippen LogP contribution is -2.53.